The second-order valence-corrected chi connectivity index (χ2v) is 8.40. The van der Waals surface area contributed by atoms with Gasteiger partial charge in [0.25, 0.3) is 0 Å². The van der Waals surface area contributed by atoms with Crippen molar-refractivity contribution in [3.63, 3.8) is 0 Å². The van der Waals surface area contributed by atoms with Crippen molar-refractivity contribution < 1.29 is 0 Å². The fourth-order valence-corrected chi connectivity index (χ4v) is 3.82. The summed E-state index contributed by atoms with van der Waals surface area (Å²) in [4.78, 5) is 4.42. The van der Waals surface area contributed by atoms with E-state index in [1.807, 2.05) is 24.5 Å². The molecule has 0 spiro atoms. The van der Waals surface area contributed by atoms with E-state index in [-0.39, 0.29) is 5.41 Å². The first-order chi connectivity index (χ1) is 13.0. The van der Waals surface area contributed by atoms with Crippen LogP contribution in [0.2, 0.25) is 0 Å². The van der Waals surface area contributed by atoms with Crippen LogP contribution in [-0.2, 0) is 18.4 Å². The number of hydrogen-bond acceptors (Lipinski definition) is 3. The van der Waals surface area contributed by atoms with Gasteiger partial charge >= 0.3 is 0 Å². The summed E-state index contributed by atoms with van der Waals surface area (Å²) in [6.45, 7) is 7.53. The number of aromatic nitrogens is 3. The molecular weight excluding hydrogens is 332 g/mol. The third kappa shape index (κ3) is 3.81. The molecule has 4 nitrogen and oxygen atoms in total. The lowest BCUT2D eigenvalue weighted by molar-refractivity contribution is 0.452. The predicted octanol–water partition coefficient (Wildman–Crippen LogP) is 4.73. The predicted molar refractivity (Wildman–Crippen MR) is 109 cm³/mol. The minimum Gasteiger partial charge on any atom is -0.304 e. The summed E-state index contributed by atoms with van der Waals surface area (Å²) in [5, 5.41) is 8.40. The molecule has 2 heterocycles. The average Bonchev–Trinajstić information content (AvgIpc) is 3.11. The lowest BCUT2D eigenvalue weighted by Crippen LogP contribution is -2.25. The van der Waals surface area contributed by atoms with Crippen molar-refractivity contribution in [2.45, 2.75) is 58.0 Å². The van der Waals surface area contributed by atoms with E-state index in [2.05, 4.69) is 66.1 Å². The van der Waals surface area contributed by atoms with Gasteiger partial charge in [0, 0.05) is 30.0 Å². The average molecular weight is 361 g/mol. The van der Waals surface area contributed by atoms with E-state index in [1.165, 1.54) is 23.2 Å². The van der Waals surface area contributed by atoms with Gasteiger partial charge in [-0.15, -0.1) is 0 Å². The van der Waals surface area contributed by atoms with Crippen molar-refractivity contribution in [2.24, 2.45) is 0 Å². The summed E-state index contributed by atoms with van der Waals surface area (Å²) in [5.74, 6) is 0. The number of benzene rings is 1. The Morgan fingerprint density at radius 1 is 1.11 bits per heavy atom. The molecule has 1 aromatic carbocycles. The minimum atomic E-state index is 0.169. The highest BCUT2D eigenvalue weighted by Gasteiger charge is 2.24. The minimum absolute atomic E-state index is 0.169. The van der Waals surface area contributed by atoms with Gasteiger partial charge in [0.2, 0.25) is 0 Å². The van der Waals surface area contributed by atoms with Gasteiger partial charge in [-0.2, -0.15) is 5.10 Å². The van der Waals surface area contributed by atoms with Crippen molar-refractivity contribution in [1.29, 1.82) is 0 Å². The van der Waals surface area contributed by atoms with E-state index in [4.69, 9.17) is 5.10 Å². The molecule has 4 rings (SSSR count). The zero-order chi connectivity index (χ0) is 18.9. The summed E-state index contributed by atoms with van der Waals surface area (Å²) in [5.41, 5.74) is 6.41. The zero-order valence-electron chi connectivity index (χ0n) is 16.4. The highest BCUT2D eigenvalue weighted by molar-refractivity contribution is 5.40. The van der Waals surface area contributed by atoms with Gasteiger partial charge in [-0.05, 0) is 54.5 Å². The van der Waals surface area contributed by atoms with E-state index < -0.39 is 0 Å². The number of pyridine rings is 1. The highest BCUT2D eigenvalue weighted by atomic mass is 15.3. The van der Waals surface area contributed by atoms with E-state index in [9.17, 15) is 0 Å². The molecule has 0 fully saturated rings. The molecule has 1 unspecified atom stereocenters. The summed E-state index contributed by atoms with van der Waals surface area (Å²) in [6.07, 6.45) is 7.30. The van der Waals surface area contributed by atoms with Crippen LogP contribution in [0.25, 0.3) is 5.69 Å². The van der Waals surface area contributed by atoms with E-state index >= 15 is 0 Å². The Bertz CT molecular complexity index is 888. The molecular formula is C23H28N4. The number of nitrogens with one attached hydrogen (secondary N) is 1. The summed E-state index contributed by atoms with van der Waals surface area (Å²) >= 11 is 0. The standard InChI is InChI=1S/C23H28N4/c1-23(2,3)17-10-12-19(13-11-17)27-22-9-6-8-21(20(22)16-26-27)25-15-18-7-4-5-14-24-18/h4-5,7,10-14,16,21,25H,6,8-9,15H2,1-3H3. The van der Waals surface area contributed by atoms with Crippen LogP contribution in [0, 0.1) is 0 Å². The van der Waals surface area contributed by atoms with Crippen LogP contribution in [-0.4, -0.2) is 14.8 Å². The van der Waals surface area contributed by atoms with Crippen LogP contribution in [0.15, 0.2) is 54.9 Å². The molecule has 0 radical (unpaired) electrons. The van der Waals surface area contributed by atoms with Gasteiger partial charge in [-0.25, -0.2) is 4.68 Å². The maximum Gasteiger partial charge on any atom is 0.0649 e. The van der Waals surface area contributed by atoms with Crippen LogP contribution >= 0.6 is 0 Å². The quantitative estimate of drug-likeness (QED) is 0.731. The third-order valence-electron chi connectivity index (χ3n) is 5.42. The molecule has 1 atom stereocenters. The van der Waals surface area contributed by atoms with Gasteiger partial charge < -0.3 is 5.32 Å². The monoisotopic (exact) mass is 360 g/mol. The molecule has 0 saturated heterocycles. The molecule has 0 saturated carbocycles. The molecule has 1 aliphatic rings. The van der Waals surface area contributed by atoms with Crippen molar-refractivity contribution in [3.8, 4) is 5.69 Å². The van der Waals surface area contributed by atoms with Crippen molar-refractivity contribution >= 4 is 0 Å². The molecule has 4 heteroatoms. The lowest BCUT2D eigenvalue weighted by Gasteiger charge is -2.24. The van der Waals surface area contributed by atoms with Crippen LogP contribution in [0.4, 0.5) is 0 Å². The first-order valence-corrected chi connectivity index (χ1v) is 9.83. The molecule has 2 aromatic heterocycles. The molecule has 140 valence electrons. The second-order valence-electron chi connectivity index (χ2n) is 8.40. The van der Waals surface area contributed by atoms with Crippen LogP contribution < -0.4 is 5.32 Å². The van der Waals surface area contributed by atoms with E-state index in [1.54, 1.807) is 0 Å². The van der Waals surface area contributed by atoms with Gasteiger partial charge in [0.05, 0.1) is 17.6 Å². The Labute approximate surface area is 161 Å². The summed E-state index contributed by atoms with van der Waals surface area (Å²) < 4.78 is 2.12. The number of hydrogen-bond donors (Lipinski definition) is 1. The molecule has 1 N–H and O–H groups in total. The molecule has 1 aliphatic carbocycles. The van der Waals surface area contributed by atoms with Gasteiger partial charge in [0.1, 0.15) is 0 Å². The van der Waals surface area contributed by atoms with Gasteiger partial charge in [0.15, 0.2) is 0 Å². The third-order valence-corrected chi connectivity index (χ3v) is 5.42. The molecule has 0 amide bonds. The maximum absolute atomic E-state index is 4.73. The first kappa shape index (κ1) is 17.9. The largest absolute Gasteiger partial charge is 0.304 e. The lowest BCUT2D eigenvalue weighted by atomic mass is 9.87. The summed E-state index contributed by atoms with van der Waals surface area (Å²) in [7, 11) is 0. The second kappa shape index (κ2) is 7.28. The fraction of sp³-hybridized carbons (Fsp3) is 0.391. The maximum atomic E-state index is 4.73. The van der Waals surface area contributed by atoms with E-state index in [0.717, 1.165) is 30.8 Å². The van der Waals surface area contributed by atoms with Crippen molar-refractivity contribution in [1.82, 2.24) is 20.1 Å². The summed E-state index contributed by atoms with van der Waals surface area (Å²) in [6, 6.07) is 15.2. The number of rotatable bonds is 4. The SMILES string of the molecule is CC(C)(C)c1ccc(-n2ncc3c2CCCC3NCc2ccccn2)cc1. The molecule has 27 heavy (non-hydrogen) atoms. The molecule has 0 bridgehead atoms. The smallest absolute Gasteiger partial charge is 0.0649 e. The first-order valence-electron chi connectivity index (χ1n) is 9.83. The van der Waals surface area contributed by atoms with Crippen LogP contribution in [0.3, 0.4) is 0 Å². The Balaban J connectivity index is 1.55. The number of nitrogens with zero attached hydrogens (tertiary/aromatic N) is 3. The van der Waals surface area contributed by atoms with Gasteiger partial charge in [-0.1, -0.05) is 39.0 Å². The Hall–Kier alpha value is -2.46. The van der Waals surface area contributed by atoms with Gasteiger partial charge in [-0.3, -0.25) is 4.98 Å². The number of fused-ring (bicyclic) bond motifs is 1. The van der Waals surface area contributed by atoms with Crippen LogP contribution in [0.5, 0.6) is 0 Å². The Morgan fingerprint density at radius 3 is 2.63 bits per heavy atom. The fourth-order valence-electron chi connectivity index (χ4n) is 3.82. The Kier molecular flexibility index (Phi) is 4.83. The normalized spacial score (nSPS) is 16.9. The topological polar surface area (TPSA) is 42.7 Å². The molecule has 0 aliphatic heterocycles. The van der Waals surface area contributed by atoms with Crippen LogP contribution in [0.1, 0.15) is 62.2 Å². The molecule has 3 aromatic rings. The highest BCUT2D eigenvalue weighted by Crippen LogP contribution is 2.32. The zero-order valence-corrected chi connectivity index (χ0v) is 16.4. The van der Waals surface area contributed by atoms with Crippen molar-refractivity contribution in [3.05, 3.63) is 77.4 Å². The van der Waals surface area contributed by atoms with E-state index in [0.29, 0.717) is 6.04 Å². The van der Waals surface area contributed by atoms with Crippen molar-refractivity contribution in [2.75, 3.05) is 0 Å². The Morgan fingerprint density at radius 2 is 1.93 bits per heavy atom.